The Balaban J connectivity index is 1.61. The van der Waals surface area contributed by atoms with Crippen molar-refractivity contribution in [3.63, 3.8) is 0 Å². The first-order valence-electron chi connectivity index (χ1n) is 6.86. The van der Waals surface area contributed by atoms with Crippen LogP contribution in [0.25, 0.3) is 0 Å². The summed E-state index contributed by atoms with van der Waals surface area (Å²) in [4.78, 5) is 14.2. The van der Waals surface area contributed by atoms with Gasteiger partial charge in [0.2, 0.25) is 5.91 Å². The number of amides is 1. The molecule has 1 saturated carbocycles. The molecule has 2 rings (SSSR count). The predicted molar refractivity (Wildman–Crippen MR) is 66.7 cm³/mol. The van der Waals surface area contributed by atoms with Crippen molar-refractivity contribution in [1.29, 1.82) is 0 Å². The normalized spacial score (nSPS) is 24.6. The van der Waals surface area contributed by atoms with E-state index in [1.807, 2.05) is 0 Å². The molecule has 0 spiro atoms. The lowest BCUT2D eigenvalue weighted by Crippen LogP contribution is -2.45. The number of piperidine rings is 1. The highest BCUT2D eigenvalue weighted by Crippen LogP contribution is 2.29. The smallest absolute Gasteiger partial charge is 0.220 e. The van der Waals surface area contributed by atoms with Gasteiger partial charge < -0.3 is 15.3 Å². The van der Waals surface area contributed by atoms with E-state index in [0.29, 0.717) is 18.9 Å². The van der Waals surface area contributed by atoms with Gasteiger partial charge in [0.25, 0.3) is 0 Å². The molecule has 1 aliphatic carbocycles. The average Bonchev–Trinajstić information content (AvgIpc) is 3.11. The van der Waals surface area contributed by atoms with Crippen LogP contribution in [0.15, 0.2) is 0 Å². The Morgan fingerprint density at radius 1 is 1.35 bits per heavy atom. The molecule has 4 nitrogen and oxygen atoms in total. The van der Waals surface area contributed by atoms with Crippen LogP contribution >= 0.6 is 0 Å². The second-order valence-corrected chi connectivity index (χ2v) is 5.50. The third-order valence-corrected chi connectivity index (χ3v) is 3.75. The number of rotatable bonds is 5. The quantitative estimate of drug-likeness (QED) is 0.750. The van der Waals surface area contributed by atoms with Gasteiger partial charge in [0.1, 0.15) is 0 Å². The first-order valence-corrected chi connectivity index (χ1v) is 6.86. The summed E-state index contributed by atoms with van der Waals surface area (Å²) in [6.45, 7) is 3.99. The number of nitrogens with one attached hydrogen (secondary N) is 1. The third-order valence-electron chi connectivity index (χ3n) is 3.75. The number of carbonyl (C=O) groups is 1. The van der Waals surface area contributed by atoms with E-state index in [-0.39, 0.29) is 12.0 Å². The van der Waals surface area contributed by atoms with Crippen molar-refractivity contribution < 1.29 is 9.90 Å². The second-order valence-electron chi connectivity index (χ2n) is 5.50. The number of hydrogen-bond acceptors (Lipinski definition) is 3. The highest BCUT2D eigenvalue weighted by atomic mass is 16.3. The lowest BCUT2D eigenvalue weighted by atomic mass is 10.0. The van der Waals surface area contributed by atoms with Gasteiger partial charge >= 0.3 is 0 Å². The highest BCUT2D eigenvalue weighted by Gasteiger charge is 2.31. The van der Waals surface area contributed by atoms with Crippen LogP contribution in [0.1, 0.15) is 45.4 Å². The molecule has 0 aromatic carbocycles. The summed E-state index contributed by atoms with van der Waals surface area (Å²) in [5, 5.41) is 12.2. The maximum absolute atomic E-state index is 11.6. The summed E-state index contributed by atoms with van der Waals surface area (Å²) in [5.41, 5.74) is 0. The number of aliphatic hydroxyl groups excluding tert-OH is 1. The zero-order valence-electron chi connectivity index (χ0n) is 10.7. The first-order chi connectivity index (χ1) is 8.15. The van der Waals surface area contributed by atoms with E-state index in [1.54, 1.807) is 6.92 Å². The van der Waals surface area contributed by atoms with Crippen LogP contribution in [0.2, 0.25) is 0 Å². The van der Waals surface area contributed by atoms with Crippen molar-refractivity contribution in [3.05, 3.63) is 0 Å². The van der Waals surface area contributed by atoms with E-state index in [4.69, 9.17) is 5.11 Å². The van der Waals surface area contributed by atoms with Crippen LogP contribution in [-0.2, 0) is 4.79 Å². The van der Waals surface area contributed by atoms with Gasteiger partial charge in [0, 0.05) is 31.6 Å². The molecule has 98 valence electrons. The van der Waals surface area contributed by atoms with Gasteiger partial charge in [-0.3, -0.25) is 4.79 Å². The van der Waals surface area contributed by atoms with Gasteiger partial charge in [-0.25, -0.2) is 0 Å². The number of carbonyl (C=O) groups excluding carboxylic acids is 1. The number of nitrogens with zero attached hydrogens (tertiary/aromatic N) is 1. The Morgan fingerprint density at radius 3 is 2.53 bits per heavy atom. The number of likely N-dealkylation sites (tertiary alicyclic amines) is 1. The molecule has 1 saturated heterocycles. The van der Waals surface area contributed by atoms with Crippen molar-refractivity contribution in [2.24, 2.45) is 0 Å². The predicted octanol–water partition coefficient (Wildman–Crippen LogP) is 0.890. The number of hydrogen-bond donors (Lipinski definition) is 2. The molecule has 1 aliphatic heterocycles. The highest BCUT2D eigenvalue weighted by molar-refractivity contribution is 5.76. The van der Waals surface area contributed by atoms with E-state index < -0.39 is 0 Å². The van der Waals surface area contributed by atoms with Crippen LogP contribution in [-0.4, -0.2) is 47.2 Å². The lowest BCUT2D eigenvalue weighted by molar-refractivity contribution is -0.122. The minimum Gasteiger partial charge on any atom is -0.393 e. The Morgan fingerprint density at radius 2 is 2.00 bits per heavy atom. The molecular formula is C13H24N2O2. The second kappa shape index (κ2) is 5.83. The number of aliphatic hydroxyl groups is 1. The van der Waals surface area contributed by atoms with Crippen molar-refractivity contribution in [2.45, 2.75) is 63.6 Å². The molecule has 1 unspecified atom stereocenters. The van der Waals surface area contributed by atoms with Gasteiger partial charge in [-0.2, -0.15) is 0 Å². The van der Waals surface area contributed by atoms with Crippen molar-refractivity contribution in [3.8, 4) is 0 Å². The minimum absolute atomic E-state index is 0.0933. The Hall–Kier alpha value is -0.610. The molecular weight excluding hydrogens is 216 g/mol. The fraction of sp³-hybridized carbons (Fsp3) is 0.923. The summed E-state index contributed by atoms with van der Waals surface area (Å²) in [5.74, 6) is 0.0933. The van der Waals surface area contributed by atoms with E-state index in [0.717, 1.165) is 32.0 Å². The molecule has 0 radical (unpaired) electrons. The molecule has 2 fully saturated rings. The fourth-order valence-electron chi connectivity index (χ4n) is 2.49. The maximum atomic E-state index is 11.6. The molecule has 0 aromatic rings. The standard InChI is InChI=1S/C13H24N2O2/c1-10(16)2-5-13(17)14-11-6-8-15(9-7-11)12-3-4-12/h10-12,16H,2-9H2,1H3,(H,14,17). The molecule has 1 atom stereocenters. The molecule has 17 heavy (non-hydrogen) atoms. The van der Waals surface area contributed by atoms with Crippen LogP contribution in [0.3, 0.4) is 0 Å². The maximum Gasteiger partial charge on any atom is 0.220 e. The summed E-state index contributed by atoms with van der Waals surface area (Å²) in [6, 6.07) is 1.20. The van der Waals surface area contributed by atoms with Crippen molar-refractivity contribution >= 4 is 5.91 Å². The fourth-order valence-corrected chi connectivity index (χ4v) is 2.49. The molecule has 0 aromatic heterocycles. The minimum atomic E-state index is -0.377. The zero-order valence-corrected chi connectivity index (χ0v) is 10.7. The van der Waals surface area contributed by atoms with Crippen molar-refractivity contribution in [1.82, 2.24) is 10.2 Å². The Labute approximate surface area is 103 Å². The van der Waals surface area contributed by atoms with Gasteiger partial charge in [-0.05, 0) is 39.0 Å². The Kier molecular flexibility index (Phi) is 4.40. The van der Waals surface area contributed by atoms with E-state index in [2.05, 4.69) is 10.2 Å². The average molecular weight is 240 g/mol. The molecule has 1 heterocycles. The Bertz CT molecular complexity index is 256. The lowest BCUT2D eigenvalue weighted by Gasteiger charge is -2.32. The summed E-state index contributed by atoms with van der Waals surface area (Å²) < 4.78 is 0. The van der Waals surface area contributed by atoms with Crippen LogP contribution in [0.5, 0.6) is 0 Å². The van der Waals surface area contributed by atoms with Gasteiger partial charge in [-0.1, -0.05) is 0 Å². The summed E-state index contributed by atoms with van der Waals surface area (Å²) in [7, 11) is 0. The molecule has 0 bridgehead atoms. The zero-order chi connectivity index (χ0) is 12.3. The van der Waals surface area contributed by atoms with E-state index >= 15 is 0 Å². The van der Waals surface area contributed by atoms with Crippen LogP contribution in [0, 0.1) is 0 Å². The summed E-state index contributed by atoms with van der Waals surface area (Å²) in [6.07, 6.45) is 5.52. The van der Waals surface area contributed by atoms with Crippen LogP contribution in [0.4, 0.5) is 0 Å². The largest absolute Gasteiger partial charge is 0.393 e. The molecule has 4 heteroatoms. The molecule has 2 aliphatic rings. The van der Waals surface area contributed by atoms with Crippen LogP contribution < -0.4 is 5.32 Å². The van der Waals surface area contributed by atoms with E-state index in [1.165, 1.54) is 12.8 Å². The first kappa shape index (κ1) is 12.8. The SMILES string of the molecule is CC(O)CCC(=O)NC1CCN(C2CC2)CC1. The molecule has 1 amide bonds. The monoisotopic (exact) mass is 240 g/mol. The molecule has 2 N–H and O–H groups in total. The van der Waals surface area contributed by atoms with Gasteiger partial charge in [0.05, 0.1) is 6.10 Å². The van der Waals surface area contributed by atoms with Crippen molar-refractivity contribution in [2.75, 3.05) is 13.1 Å². The van der Waals surface area contributed by atoms with E-state index in [9.17, 15) is 4.79 Å². The third kappa shape index (κ3) is 4.28. The van der Waals surface area contributed by atoms with Gasteiger partial charge in [0.15, 0.2) is 0 Å². The summed E-state index contributed by atoms with van der Waals surface area (Å²) >= 11 is 0. The van der Waals surface area contributed by atoms with Gasteiger partial charge in [-0.15, -0.1) is 0 Å². The topological polar surface area (TPSA) is 52.6 Å².